The summed E-state index contributed by atoms with van der Waals surface area (Å²) < 4.78 is 5.58. The van der Waals surface area contributed by atoms with Crippen LogP contribution in [0.4, 0.5) is 11.4 Å². The van der Waals surface area contributed by atoms with E-state index in [-0.39, 0.29) is 0 Å². The lowest BCUT2D eigenvalue weighted by atomic mass is 9.96. The molecule has 0 aromatic heterocycles. The normalized spacial score (nSPS) is 16.7. The summed E-state index contributed by atoms with van der Waals surface area (Å²) in [6.07, 6.45) is 2.47. The molecular weight excluding hydrogens is 250 g/mol. The minimum Gasteiger partial charge on any atom is -0.492 e. The van der Waals surface area contributed by atoms with Crippen LogP contribution in [0.2, 0.25) is 0 Å². The molecule has 1 aliphatic heterocycles. The topological polar surface area (TPSA) is 41.7 Å². The summed E-state index contributed by atoms with van der Waals surface area (Å²) in [5.74, 6) is 1.61. The number of ether oxygens (including phenoxy) is 1. The van der Waals surface area contributed by atoms with Crippen molar-refractivity contribution in [3.05, 3.63) is 18.2 Å². The van der Waals surface area contributed by atoms with Crippen molar-refractivity contribution in [1.82, 2.24) is 4.90 Å². The zero-order chi connectivity index (χ0) is 14.5. The van der Waals surface area contributed by atoms with Crippen molar-refractivity contribution in [2.24, 2.45) is 5.92 Å². The highest BCUT2D eigenvalue weighted by Gasteiger charge is 2.21. The maximum atomic E-state index is 6.24. The number of benzene rings is 1. The lowest BCUT2D eigenvalue weighted by Gasteiger charge is -2.35. The van der Waals surface area contributed by atoms with Crippen LogP contribution in [0.3, 0.4) is 0 Å². The van der Waals surface area contributed by atoms with Gasteiger partial charge in [-0.05, 0) is 51.9 Å². The van der Waals surface area contributed by atoms with Crippen molar-refractivity contribution < 1.29 is 4.74 Å². The van der Waals surface area contributed by atoms with Crippen LogP contribution in [0, 0.1) is 5.92 Å². The fourth-order valence-electron chi connectivity index (χ4n) is 2.96. The molecule has 2 rings (SSSR count). The minimum atomic E-state index is 0.651. The molecule has 1 saturated heterocycles. The first-order valence-electron chi connectivity index (χ1n) is 7.52. The van der Waals surface area contributed by atoms with Gasteiger partial charge in [-0.1, -0.05) is 6.07 Å². The van der Waals surface area contributed by atoms with Crippen LogP contribution < -0.4 is 15.4 Å². The van der Waals surface area contributed by atoms with Crippen LogP contribution in [0.5, 0.6) is 5.75 Å². The monoisotopic (exact) mass is 277 g/mol. The number of nitrogen functional groups attached to an aromatic ring is 1. The first-order chi connectivity index (χ1) is 9.61. The van der Waals surface area contributed by atoms with Crippen LogP contribution in [-0.2, 0) is 0 Å². The third-order valence-corrected chi connectivity index (χ3v) is 3.92. The predicted octanol–water partition coefficient (Wildman–Crippen LogP) is 2.45. The van der Waals surface area contributed by atoms with Crippen LogP contribution in [-0.4, -0.2) is 45.2 Å². The summed E-state index contributed by atoms with van der Waals surface area (Å²) in [5.41, 5.74) is 8.14. The molecule has 0 unspecified atom stereocenters. The highest BCUT2D eigenvalue weighted by atomic mass is 16.5. The van der Waals surface area contributed by atoms with Gasteiger partial charge in [0.05, 0.1) is 18.0 Å². The lowest BCUT2D eigenvalue weighted by Crippen LogP contribution is -2.37. The molecule has 0 amide bonds. The van der Waals surface area contributed by atoms with Gasteiger partial charge in [0.25, 0.3) is 0 Å². The maximum absolute atomic E-state index is 6.24. The first kappa shape index (κ1) is 15.0. The Balaban J connectivity index is 2.01. The second-order valence-corrected chi connectivity index (χ2v) is 5.81. The van der Waals surface area contributed by atoms with E-state index in [4.69, 9.17) is 10.5 Å². The summed E-state index contributed by atoms with van der Waals surface area (Å²) in [4.78, 5) is 4.68. The summed E-state index contributed by atoms with van der Waals surface area (Å²) in [6, 6.07) is 6.08. The summed E-state index contributed by atoms with van der Waals surface area (Å²) >= 11 is 0. The van der Waals surface area contributed by atoms with Crippen LogP contribution in [0.25, 0.3) is 0 Å². The van der Waals surface area contributed by atoms with E-state index in [1.807, 2.05) is 19.1 Å². The van der Waals surface area contributed by atoms with Crippen molar-refractivity contribution in [2.45, 2.75) is 19.8 Å². The van der Waals surface area contributed by atoms with Gasteiger partial charge in [0.15, 0.2) is 0 Å². The smallest absolute Gasteiger partial charge is 0.144 e. The third-order valence-electron chi connectivity index (χ3n) is 3.92. The van der Waals surface area contributed by atoms with E-state index >= 15 is 0 Å². The Morgan fingerprint density at radius 2 is 2.00 bits per heavy atom. The molecule has 0 aliphatic carbocycles. The number of anilines is 2. The molecule has 1 aliphatic rings. The number of nitrogens with two attached hydrogens (primary N) is 1. The van der Waals surface area contributed by atoms with Gasteiger partial charge in [-0.25, -0.2) is 0 Å². The van der Waals surface area contributed by atoms with E-state index in [2.05, 4.69) is 30.0 Å². The average molecular weight is 277 g/mol. The molecule has 2 N–H and O–H groups in total. The fraction of sp³-hybridized carbons (Fsp3) is 0.625. The highest BCUT2D eigenvalue weighted by molar-refractivity contribution is 5.74. The van der Waals surface area contributed by atoms with Gasteiger partial charge in [0, 0.05) is 19.6 Å². The second-order valence-electron chi connectivity index (χ2n) is 5.81. The van der Waals surface area contributed by atoms with E-state index in [9.17, 15) is 0 Å². The van der Waals surface area contributed by atoms with Gasteiger partial charge in [0.1, 0.15) is 5.75 Å². The number of rotatable bonds is 5. The molecule has 1 aromatic rings. The zero-order valence-electron chi connectivity index (χ0n) is 12.9. The SMILES string of the molecule is CCOc1cccc(N2CCC(CN(C)C)CC2)c1N. The Bertz CT molecular complexity index is 426. The van der Waals surface area contributed by atoms with Crippen LogP contribution in [0.15, 0.2) is 18.2 Å². The molecule has 1 heterocycles. The predicted molar refractivity (Wildman–Crippen MR) is 85.5 cm³/mol. The molecule has 1 fully saturated rings. The summed E-state index contributed by atoms with van der Waals surface area (Å²) in [7, 11) is 4.30. The molecule has 112 valence electrons. The number of hydrogen-bond donors (Lipinski definition) is 1. The van der Waals surface area contributed by atoms with Gasteiger partial charge in [0.2, 0.25) is 0 Å². The average Bonchev–Trinajstić information content (AvgIpc) is 2.42. The van der Waals surface area contributed by atoms with E-state index in [1.165, 1.54) is 19.4 Å². The standard InChI is InChI=1S/C16H27N3O/c1-4-20-15-7-5-6-14(16(15)17)19-10-8-13(9-11-19)12-18(2)3/h5-7,13H,4,8-12,17H2,1-3H3. The molecule has 20 heavy (non-hydrogen) atoms. The van der Waals surface area contributed by atoms with Crippen LogP contribution >= 0.6 is 0 Å². The summed E-state index contributed by atoms with van der Waals surface area (Å²) in [6.45, 7) is 5.98. The van der Waals surface area contributed by atoms with Crippen molar-refractivity contribution in [2.75, 3.05) is 51.0 Å². The Hall–Kier alpha value is -1.42. The molecule has 4 nitrogen and oxygen atoms in total. The second kappa shape index (κ2) is 6.84. The van der Waals surface area contributed by atoms with E-state index in [1.54, 1.807) is 0 Å². The van der Waals surface area contributed by atoms with Gasteiger partial charge >= 0.3 is 0 Å². The van der Waals surface area contributed by atoms with Gasteiger partial charge in [-0.15, -0.1) is 0 Å². The molecule has 0 saturated carbocycles. The van der Waals surface area contributed by atoms with Crippen molar-refractivity contribution in [3.8, 4) is 5.75 Å². The maximum Gasteiger partial charge on any atom is 0.144 e. The Morgan fingerprint density at radius 1 is 1.30 bits per heavy atom. The largest absolute Gasteiger partial charge is 0.492 e. The Labute approximate surface area is 122 Å². The molecule has 1 aromatic carbocycles. The molecule has 0 atom stereocenters. The minimum absolute atomic E-state index is 0.651. The molecule has 0 radical (unpaired) electrons. The van der Waals surface area contributed by atoms with Gasteiger partial charge in [-0.3, -0.25) is 0 Å². The van der Waals surface area contributed by atoms with Crippen molar-refractivity contribution in [1.29, 1.82) is 0 Å². The molecule has 0 bridgehead atoms. The lowest BCUT2D eigenvalue weighted by molar-refractivity contribution is 0.285. The number of piperidine rings is 1. The van der Waals surface area contributed by atoms with Gasteiger partial charge in [-0.2, -0.15) is 0 Å². The van der Waals surface area contributed by atoms with Gasteiger partial charge < -0.3 is 20.3 Å². The summed E-state index contributed by atoms with van der Waals surface area (Å²) in [5, 5.41) is 0. The first-order valence-corrected chi connectivity index (χ1v) is 7.52. The number of nitrogens with zero attached hydrogens (tertiary/aromatic N) is 2. The van der Waals surface area contributed by atoms with Crippen LogP contribution in [0.1, 0.15) is 19.8 Å². The Morgan fingerprint density at radius 3 is 2.60 bits per heavy atom. The quantitative estimate of drug-likeness (QED) is 0.839. The molecular formula is C16H27N3O. The van der Waals surface area contributed by atoms with E-state index in [0.717, 1.165) is 36.1 Å². The Kier molecular flexibility index (Phi) is 5.12. The number of hydrogen-bond acceptors (Lipinski definition) is 4. The number of para-hydroxylation sites is 1. The third kappa shape index (κ3) is 3.57. The molecule has 0 spiro atoms. The fourth-order valence-corrected chi connectivity index (χ4v) is 2.96. The van der Waals surface area contributed by atoms with Crippen molar-refractivity contribution >= 4 is 11.4 Å². The molecule has 4 heteroatoms. The highest BCUT2D eigenvalue weighted by Crippen LogP contribution is 2.34. The van der Waals surface area contributed by atoms with E-state index in [0.29, 0.717) is 6.61 Å². The van der Waals surface area contributed by atoms with E-state index < -0.39 is 0 Å². The zero-order valence-corrected chi connectivity index (χ0v) is 12.9. The van der Waals surface area contributed by atoms with Crippen molar-refractivity contribution in [3.63, 3.8) is 0 Å².